The molecule has 0 spiro atoms. The molecule has 1 heterocycles. The monoisotopic (exact) mass is 496 g/mol. The van der Waals surface area contributed by atoms with Crippen LogP contribution in [0.25, 0.3) is 17.2 Å². The molecule has 0 bridgehead atoms. The molecule has 0 fully saturated rings. The van der Waals surface area contributed by atoms with Gasteiger partial charge in [0.15, 0.2) is 11.5 Å². The van der Waals surface area contributed by atoms with Crippen molar-refractivity contribution in [3.05, 3.63) is 94.5 Å². The molecule has 3 aromatic carbocycles. The zero-order valence-electron chi connectivity index (χ0n) is 19.9. The van der Waals surface area contributed by atoms with Crippen molar-refractivity contribution in [2.24, 2.45) is 0 Å². The van der Waals surface area contributed by atoms with E-state index in [0.717, 1.165) is 28.1 Å². The minimum atomic E-state index is -0.547. The van der Waals surface area contributed by atoms with Gasteiger partial charge in [-0.25, -0.2) is 0 Å². The van der Waals surface area contributed by atoms with Crippen molar-refractivity contribution >= 4 is 28.5 Å². The lowest BCUT2D eigenvalue weighted by atomic mass is 10.0. The quantitative estimate of drug-likeness (QED) is 0.229. The largest absolute Gasteiger partial charge is 0.493 e. The number of methoxy groups -OCH3 is 1. The highest BCUT2D eigenvalue weighted by Gasteiger charge is 2.13. The van der Waals surface area contributed by atoms with E-state index in [2.05, 4.69) is 39.8 Å². The van der Waals surface area contributed by atoms with Crippen molar-refractivity contribution in [2.45, 2.75) is 20.0 Å². The number of rotatable bonds is 9. The van der Waals surface area contributed by atoms with Gasteiger partial charge in [0.1, 0.15) is 23.3 Å². The predicted octanol–water partition coefficient (Wildman–Crippen LogP) is 5.90. The summed E-state index contributed by atoms with van der Waals surface area (Å²) >= 11 is 1.28. The second-order valence-corrected chi connectivity index (χ2v) is 8.80. The van der Waals surface area contributed by atoms with E-state index in [1.54, 1.807) is 25.3 Å². The molecule has 0 aliphatic rings. The van der Waals surface area contributed by atoms with Crippen molar-refractivity contribution in [2.75, 3.05) is 12.4 Å². The number of anilines is 1. The Balaban J connectivity index is 1.43. The molecule has 0 radical (unpaired) electrons. The Labute approximate surface area is 213 Å². The van der Waals surface area contributed by atoms with Crippen LogP contribution < -0.4 is 14.8 Å². The Morgan fingerprint density at radius 2 is 1.78 bits per heavy atom. The van der Waals surface area contributed by atoms with E-state index in [-0.39, 0.29) is 5.57 Å². The number of aryl methyl sites for hydroxylation is 1. The molecule has 8 heteroatoms. The van der Waals surface area contributed by atoms with E-state index in [4.69, 9.17) is 9.47 Å². The lowest BCUT2D eigenvalue weighted by Gasteiger charge is -2.12. The number of nitrogens with one attached hydrogen (secondary N) is 1. The Bertz CT molecular complexity index is 1410. The number of hydrogen-bond acceptors (Lipinski definition) is 7. The van der Waals surface area contributed by atoms with Crippen LogP contribution in [0.3, 0.4) is 0 Å². The molecule has 0 saturated heterocycles. The molecule has 0 saturated carbocycles. The minimum absolute atomic E-state index is 0.0579. The first-order chi connectivity index (χ1) is 17.6. The van der Waals surface area contributed by atoms with Gasteiger partial charge in [0, 0.05) is 0 Å². The maximum absolute atomic E-state index is 12.5. The predicted molar refractivity (Wildman–Crippen MR) is 141 cm³/mol. The topological polar surface area (TPSA) is 97.1 Å². The fourth-order valence-corrected chi connectivity index (χ4v) is 4.08. The summed E-state index contributed by atoms with van der Waals surface area (Å²) in [5.41, 5.74) is 3.89. The Kier molecular flexibility index (Phi) is 8.06. The van der Waals surface area contributed by atoms with Crippen LogP contribution in [-0.4, -0.2) is 23.2 Å². The second-order valence-electron chi connectivity index (χ2n) is 7.74. The van der Waals surface area contributed by atoms with E-state index >= 15 is 0 Å². The molecule has 7 nitrogen and oxygen atoms in total. The lowest BCUT2D eigenvalue weighted by Crippen LogP contribution is -2.13. The van der Waals surface area contributed by atoms with Gasteiger partial charge in [-0.2, -0.15) is 5.26 Å². The normalized spacial score (nSPS) is 11.0. The third-order valence-electron chi connectivity index (χ3n) is 5.31. The first-order valence-corrected chi connectivity index (χ1v) is 12.1. The molecule has 4 rings (SSSR count). The SMILES string of the molecule is CCc1nnc(NC(=O)C(C#N)=Cc2ccc(OCc3ccc(-c4ccccc4)cc3)c(OC)c2)s1. The number of nitriles is 1. The lowest BCUT2D eigenvalue weighted by molar-refractivity contribution is -0.112. The van der Waals surface area contributed by atoms with E-state index in [0.29, 0.717) is 28.8 Å². The smallest absolute Gasteiger partial charge is 0.268 e. The first kappa shape index (κ1) is 24.6. The first-order valence-electron chi connectivity index (χ1n) is 11.3. The zero-order chi connectivity index (χ0) is 25.3. The molecule has 1 aromatic heterocycles. The van der Waals surface area contributed by atoms with Gasteiger partial charge in [0.25, 0.3) is 5.91 Å². The van der Waals surface area contributed by atoms with Gasteiger partial charge >= 0.3 is 0 Å². The van der Waals surface area contributed by atoms with E-state index in [1.807, 2.05) is 43.3 Å². The molecule has 0 unspecified atom stereocenters. The molecule has 36 heavy (non-hydrogen) atoms. The molecule has 1 N–H and O–H groups in total. The second kappa shape index (κ2) is 11.8. The van der Waals surface area contributed by atoms with Crippen LogP contribution in [0, 0.1) is 11.3 Å². The summed E-state index contributed by atoms with van der Waals surface area (Å²) in [5, 5.41) is 21.2. The Hall–Kier alpha value is -4.48. The highest BCUT2D eigenvalue weighted by atomic mass is 32.1. The zero-order valence-corrected chi connectivity index (χ0v) is 20.7. The summed E-state index contributed by atoms with van der Waals surface area (Å²) in [7, 11) is 1.54. The fraction of sp³-hybridized carbons (Fsp3) is 0.143. The molecule has 180 valence electrons. The van der Waals surface area contributed by atoms with Crippen molar-refractivity contribution in [3.8, 4) is 28.7 Å². The van der Waals surface area contributed by atoms with Crippen molar-refractivity contribution < 1.29 is 14.3 Å². The average molecular weight is 497 g/mol. The van der Waals surface area contributed by atoms with Crippen molar-refractivity contribution in [1.82, 2.24) is 10.2 Å². The van der Waals surface area contributed by atoms with Gasteiger partial charge in [-0.05, 0) is 46.9 Å². The number of nitrogens with zero attached hydrogens (tertiary/aromatic N) is 3. The molecular formula is C28H24N4O3S. The molecule has 0 aliphatic carbocycles. The standard InChI is InChI=1S/C28H24N4O3S/c1-3-26-31-32-28(36-26)30-27(33)23(17-29)15-20-11-14-24(25(16-20)34-2)35-18-19-9-12-22(13-10-19)21-7-5-4-6-8-21/h4-16H,3,18H2,1-2H3,(H,30,32,33). The number of carbonyl (C=O) groups excluding carboxylic acids is 1. The number of benzene rings is 3. The molecule has 1 amide bonds. The van der Waals surface area contributed by atoms with Crippen LogP contribution >= 0.6 is 11.3 Å². The molecular weight excluding hydrogens is 472 g/mol. The van der Waals surface area contributed by atoms with E-state index in [9.17, 15) is 10.1 Å². The summed E-state index contributed by atoms with van der Waals surface area (Å²) in [4.78, 5) is 12.5. The van der Waals surface area contributed by atoms with Gasteiger partial charge in [0.2, 0.25) is 5.13 Å². The summed E-state index contributed by atoms with van der Waals surface area (Å²) in [6.07, 6.45) is 2.22. The van der Waals surface area contributed by atoms with Gasteiger partial charge in [-0.15, -0.1) is 10.2 Å². The van der Waals surface area contributed by atoms with Crippen molar-refractivity contribution in [1.29, 1.82) is 5.26 Å². The van der Waals surface area contributed by atoms with Gasteiger partial charge in [-0.3, -0.25) is 10.1 Å². The number of amides is 1. The van der Waals surface area contributed by atoms with Gasteiger partial charge in [0.05, 0.1) is 7.11 Å². The minimum Gasteiger partial charge on any atom is -0.493 e. The van der Waals surface area contributed by atoms with Crippen LogP contribution in [0.4, 0.5) is 5.13 Å². The Morgan fingerprint density at radius 1 is 1.03 bits per heavy atom. The van der Waals surface area contributed by atoms with E-state index in [1.165, 1.54) is 17.4 Å². The van der Waals surface area contributed by atoms with Gasteiger partial charge in [-0.1, -0.05) is 78.9 Å². The maximum Gasteiger partial charge on any atom is 0.268 e. The third kappa shape index (κ3) is 6.14. The maximum atomic E-state index is 12.5. The highest BCUT2D eigenvalue weighted by Crippen LogP contribution is 2.30. The number of carbonyl (C=O) groups is 1. The average Bonchev–Trinajstić information content (AvgIpc) is 3.39. The Morgan fingerprint density at radius 3 is 2.44 bits per heavy atom. The number of aromatic nitrogens is 2. The van der Waals surface area contributed by atoms with Crippen LogP contribution in [0.2, 0.25) is 0 Å². The number of hydrogen-bond donors (Lipinski definition) is 1. The van der Waals surface area contributed by atoms with Crippen LogP contribution in [0.5, 0.6) is 11.5 Å². The molecule has 0 atom stereocenters. The summed E-state index contributed by atoms with van der Waals surface area (Å²) in [5.74, 6) is 0.513. The van der Waals surface area contributed by atoms with Crippen LogP contribution in [0.15, 0.2) is 78.4 Å². The summed E-state index contributed by atoms with van der Waals surface area (Å²) < 4.78 is 11.5. The molecule has 4 aromatic rings. The highest BCUT2D eigenvalue weighted by molar-refractivity contribution is 7.15. The van der Waals surface area contributed by atoms with Crippen LogP contribution in [-0.2, 0) is 17.8 Å². The summed E-state index contributed by atoms with van der Waals surface area (Å²) in [6.45, 7) is 2.32. The third-order valence-corrected chi connectivity index (χ3v) is 6.29. The van der Waals surface area contributed by atoms with E-state index < -0.39 is 5.91 Å². The fourth-order valence-electron chi connectivity index (χ4n) is 3.41. The van der Waals surface area contributed by atoms with Crippen LogP contribution in [0.1, 0.15) is 23.1 Å². The van der Waals surface area contributed by atoms with Crippen molar-refractivity contribution in [3.63, 3.8) is 0 Å². The number of ether oxygens (including phenoxy) is 2. The summed E-state index contributed by atoms with van der Waals surface area (Å²) in [6, 6.07) is 25.6. The molecule has 0 aliphatic heterocycles. The van der Waals surface area contributed by atoms with Gasteiger partial charge < -0.3 is 9.47 Å².